The van der Waals surface area contributed by atoms with Crippen molar-refractivity contribution in [3.8, 4) is 5.88 Å². The lowest BCUT2D eigenvalue weighted by Gasteiger charge is -1.95. The number of hydrogen-bond donors (Lipinski definition) is 3. The molecule has 1 aromatic heterocycles. The fourth-order valence-electron chi connectivity index (χ4n) is 1.67. The topological polar surface area (TPSA) is 133 Å². The number of H-pyrrole nitrogens is 1. The molecular weight excluding hydrogens is 304 g/mol. The summed E-state index contributed by atoms with van der Waals surface area (Å²) in [5, 5.41) is 19.1. The lowest BCUT2D eigenvalue weighted by atomic mass is 10.2. The third-order valence-corrected chi connectivity index (χ3v) is 2.58. The van der Waals surface area contributed by atoms with Crippen LogP contribution in [0.2, 0.25) is 0 Å². The molecule has 1 aromatic carbocycles. The molecule has 2 rings (SSSR count). The summed E-state index contributed by atoms with van der Waals surface area (Å²) in [6, 6.07) is 5.87. The van der Waals surface area contributed by atoms with Gasteiger partial charge in [-0.25, -0.2) is 4.79 Å². The van der Waals surface area contributed by atoms with E-state index >= 15 is 0 Å². The van der Waals surface area contributed by atoms with Crippen LogP contribution in [0.15, 0.2) is 46.8 Å². The highest BCUT2D eigenvalue weighted by Gasteiger charge is 2.10. The van der Waals surface area contributed by atoms with Crippen LogP contribution in [0.5, 0.6) is 5.88 Å². The average Bonchev–Trinajstić information content (AvgIpc) is 2.80. The minimum absolute atomic E-state index is 0.0821. The Bertz CT molecular complexity index is 822. The monoisotopic (exact) mass is 316 g/mol. The van der Waals surface area contributed by atoms with Crippen molar-refractivity contribution in [1.29, 1.82) is 0 Å². The van der Waals surface area contributed by atoms with Crippen LogP contribution in [-0.4, -0.2) is 28.0 Å². The molecule has 118 valence electrons. The number of amides is 3. The van der Waals surface area contributed by atoms with Crippen LogP contribution in [0, 0.1) is 0 Å². The number of aromatic amines is 1. The molecule has 0 aliphatic rings. The standard InChI is InChI=1S/C14H12N4O5/c1-8(19)23-7-6-11(20)16-14(22)18-17-12-9-4-2-3-5-10(9)15-13(12)21/h2-7,15,21H,1H3,(H,16,20,22)/b7-6+,18-17?. The smallest absolute Gasteiger partial charge is 0.366 e. The second-order valence-electron chi connectivity index (χ2n) is 4.27. The molecule has 0 fully saturated rings. The van der Waals surface area contributed by atoms with E-state index in [9.17, 15) is 19.5 Å². The summed E-state index contributed by atoms with van der Waals surface area (Å²) in [6.45, 7) is 1.16. The number of benzene rings is 1. The van der Waals surface area contributed by atoms with Gasteiger partial charge in [-0.3, -0.25) is 14.9 Å². The summed E-state index contributed by atoms with van der Waals surface area (Å²) in [5.74, 6) is -1.68. The predicted octanol–water partition coefficient (Wildman–Crippen LogP) is 2.27. The van der Waals surface area contributed by atoms with E-state index < -0.39 is 17.9 Å². The first-order valence-corrected chi connectivity index (χ1v) is 6.37. The van der Waals surface area contributed by atoms with Gasteiger partial charge < -0.3 is 14.8 Å². The Morgan fingerprint density at radius 2 is 2.04 bits per heavy atom. The summed E-state index contributed by atoms with van der Waals surface area (Å²) in [4.78, 5) is 35.9. The third-order valence-electron chi connectivity index (χ3n) is 2.58. The van der Waals surface area contributed by atoms with Gasteiger partial charge in [-0.15, -0.1) is 5.11 Å². The number of rotatable bonds is 3. The minimum atomic E-state index is -1.04. The number of carbonyl (C=O) groups is 3. The number of nitrogens with zero attached hydrogens (tertiary/aromatic N) is 2. The van der Waals surface area contributed by atoms with Gasteiger partial charge in [-0.1, -0.05) is 23.3 Å². The Balaban J connectivity index is 2.03. The number of carbonyl (C=O) groups excluding carboxylic acids is 3. The SMILES string of the molecule is CC(=O)O/C=C/C(=O)NC(=O)N=Nc1c(O)[nH]c2ccccc12. The maximum absolute atomic E-state index is 11.5. The molecule has 2 aromatic rings. The molecule has 0 spiro atoms. The molecule has 1 heterocycles. The van der Waals surface area contributed by atoms with Crippen LogP contribution in [-0.2, 0) is 14.3 Å². The number of aromatic hydroxyl groups is 1. The van der Waals surface area contributed by atoms with Gasteiger partial charge in [0.2, 0.25) is 5.88 Å². The molecule has 0 radical (unpaired) electrons. The van der Waals surface area contributed by atoms with E-state index in [2.05, 4.69) is 19.9 Å². The highest BCUT2D eigenvalue weighted by molar-refractivity contribution is 6.00. The van der Waals surface area contributed by atoms with Gasteiger partial charge >= 0.3 is 12.0 Å². The molecule has 3 N–H and O–H groups in total. The van der Waals surface area contributed by atoms with Gasteiger partial charge in [0.25, 0.3) is 5.91 Å². The van der Waals surface area contributed by atoms with Gasteiger partial charge in [0.1, 0.15) is 0 Å². The molecule has 0 aliphatic carbocycles. The first-order chi connectivity index (χ1) is 11.0. The molecule has 23 heavy (non-hydrogen) atoms. The molecular formula is C14H12N4O5. The number of esters is 1. The zero-order valence-corrected chi connectivity index (χ0v) is 11.9. The fraction of sp³-hybridized carbons (Fsp3) is 0.0714. The van der Waals surface area contributed by atoms with Crippen molar-refractivity contribution < 1.29 is 24.2 Å². The second kappa shape index (κ2) is 6.98. The zero-order valence-electron chi connectivity index (χ0n) is 11.9. The number of nitrogens with one attached hydrogen (secondary N) is 2. The molecule has 3 amide bonds. The molecule has 9 heteroatoms. The van der Waals surface area contributed by atoms with E-state index in [4.69, 9.17) is 0 Å². The van der Waals surface area contributed by atoms with E-state index in [0.717, 1.165) is 19.3 Å². The van der Waals surface area contributed by atoms with E-state index in [-0.39, 0.29) is 11.6 Å². The summed E-state index contributed by atoms with van der Waals surface area (Å²) in [6.07, 6.45) is 1.69. The summed E-state index contributed by atoms with van der Waals surface area (Å²) in [7, 11) is 0. The first kappa shape index (κ1) is 15.9. The molecule has 0 saturated heterocycles. The van der Waals surface area contributed by atoms with Gasteiger partial charge in [-0.2, -0.15) is 0 Å². The Hall–Kier alpha value is -3.49. The number of azo groups is 1. The van der Waals surface area contributed by atoms with Crippen molar-refractivity contribution in [2.24, 2.45) is 10.2 Å². The van der Waals surface area contributed by atoms with Crippen LogP contribution in [0.4, 0.5) is 10.5 Å². The number of para-hydroxylation sites is 1. The Morgan fingerprint density at radius 1 is 1.30 bits per heavy atom. The number of urea groups is 1. The summed E-state index contributed by atoms with van der Waals surface area (Å²) in [5.41, 5.74) is 0.707. The van der Waals surface area contributed by atoms with Crippen LogP contribution in [0.1, 0.15) is 6.92 Å². The van der Waals surface area contributed by atoms with Gasteiger partial charge in [-0.05, 0) is 6.07 Å². The van der Waals surface area contributed by atoms with Crippen molar-refractivity contribution in [2.75, 3.05) is 0 Å². The number of imide groups is 1. The Kier molecular flexibility index (Phi) is 4.82. The van der Waals surface area contributed by atoms with E-state index in [1.807, 2.05) is 5.32 Å². The van der Waals surface area contributed by atoms with Crippen molar-refractivity contribution in [3.05, 3.63) is 36.6 Å². The second-order valence-corrected chi connectivity index (χ2v) is 4.27. The normalized spacial score (nSPS) is 11.2. The maximum atomic E-state index is 11.5. The number of ether oxygens (including phenoxy) is 1. The van der Waals surface area contributed by atoms with E-state index in [0.29, 0.717) is 10.9 Å². The first-order valence-electron chi connectivity index (χ1n) is 6.37. The number of aromatic nitrogens is 1. The van der Waals surface area contributed by atoms with Crippen LogP contribution in [0.3, 0.4) is 0 Å². The quantitative estimate of drug-likeness (QED) is 0.346. The van der Waals surface area contributed by atoms with Gasteiger partial charge in [0.15, 0.2) is 5.69 Å². The average molecular weight is 316 g/mol. The third kappa shape index (κ3) is 4.24. The van der Waals surface area contributed by atoms with Crippen LogP contribution in [0.25, 0.3) is 10.9 Å². The Labute approximate surface area is 129 Å². The van der Waals surface area contributed by atoms with Crippen molar-refractivity contribution in [3.63, 3.8) is 0 Å². The minimum Gasteiger partial charge on any atom is -0.493 e. The molecule has 9 nitrogen and oxygen atoms in total. The lowest BCUT2D eigenvalue weighted by molar-refractivity contribution is -0.135. The summed E-state index contributed by atoms with van der Waals surface area (Å²) >= 11 is 0. The highest BCUT2D eigenvalue weighted by Crippen LogP contribution is 2.34. The fourth-order valence-corrected chi connectivity index (χ4v) is 1.67. The van der Waals surface area contributed by atoms with Crippen molar-refractivity contribution in [2.45, 2.75) is 6.92 Å². The lowest BCUT2D eigenvalue weighted by Crippen LogP contribution is -2.25. The van der Waals surface area contributed by atoms with Crippen LogP contribution < -0.4 is 5.32 Å². The number of fused-ring (bicyclic) bond motifs is 1. The zero-order chi connectivity index (χ0) is 16.8. The molecule has 0 bridgehead atoms. The van der Waals surface area contributed by atoms with E-state index in [1.165, 1.54) is 0 Å². The predicted molar refractivity (Wildman–Crippen MR) is 78.9 cm³/mol. The molecule has 0 aliphatic heterocycles. The largest absolute Gasteiger partial charge is 0.493 e. The maximum Gasteiger partial charge on any atom is 0.366 e. The Morgan fingerprint density at radius 3 is 2.78 bits per heavy atom. The van der Waals surface area contributed by atoms with Gasteiger partial charge in [0.05, 0.1) is 11.8 Å². The molecule has 0 atom stereocenters. The van der Waals surface area contributed by atoms with Gasteiger partial charge in [0, 0.05) is 18.4 Å². The van der Waals surface area contributed by atoms with Crippen molar-refractivity contribution >= 4 is 34.5 Å². The van der Waals surface area contributed by atoms with E-state index in [1.54, 1.807) is 24.3 Å². The molecule has 0 unspecified atom stereocenters. The molecule has 0 saturated carbocycles. The van der Waals surface area contributed by atoms with Crippen LogP contribution >= 0.6 is 0 Å². The van der Waals surface area contributed by atoms with Crippen molar-refractivity contribution in [1.82, 2.24) is 10.3 Å². The highest BCUT2D eigenvalue weighted by atomic mass is 16.5. The summed E-state index contributed by atoms with van der Waals surface area (Å²) < 4.78 is 4.39. The number of hydrogen-bond acceptors (Lipinski definition) is 6.